The average molecular weight is 1080 g/mol. The van der Waals surface area contributed by atoms with E-state index in [-0.39, 0.29) is 39.8 Å². The fourth-order valence-corrected chi connectivity index (χ4v) is 8.95. The summed E-state index contributed by atoms with van der Waals surface area (Å²) in [6.45, 7) is 0. The Morgan fingerprint density at radius 2 is 0.863 bits per heavy atom. The lowest BCUT2D eigenvalue weighted by atomic mass is 10.1. The van der Waals surface area contributed by atoms with Crippen LogP contribution in [0.5, 0.6) is 17.2 Å². The smallest absolute Gasteiger partial charge is 0.296 e. The molecule has 0 aliphatic heterocycles. The van der Waals surface area contributed by atoms with Crippen molar-refractivity contribution in [1.29, 1.82) is 0 Å². The van der Waals surface area contributed by atoms with Gasteiger partial charge >= 0.3 is 0 Å². The number of phenols is 3. The van der Waals surface area contributed by atoms with Crippen molar-refractivity contribution in [1.82, 2.24) is 0 Å². The second kappa shape index (κ2) is 19.7. The second-order valence-electron chi connectivity index (χ2n) is 14.7. The third-order valence-corrected chi connectivity index (χ3v) is 13.2. The van der Waals surface area contributed by atoms with Crippen LogP contribution >= 0.6 is 0 Å². The minimum Gasteiger partial charge on any atom is -0.505 e. The molecule has 29 nitrogen and oxygen atoms in total. The lowest BCUT2D eigenvalue weighted by molar-refractivity contribution is -0.385. The van der Waals surface area contributed by atoms with E-state index in [0.29, 0.717) is 30.3 Å². The first-order valence-corrected chi connectivity index (χ1v) is 25.2. The molecule has 0 fully saturated rings. The highest BCUT2D eigenvalue weighted by Crippen LogP contribution is 2.47. The number of nitrogens with zero attached hydrogens (tertiary/aromatic N) is 8. The number of rotatable bonds is 16. The third-order valence-electron chi connectivity index (χ3n) is 9.75. The number of hydrogen-bond donors (Lipinski definition) is 9. The number of azo groups is 3. The van der Waals surface area contributed by atoms with E-state index in [4.69, 9.17) is 0 Å². The van der Waals surface area contributed by atoms with Gasteiger partial charge in [-0.3, -0.25) is 38.4 Å². The summed E-state index contributed by atoms with van der Waals surface area (Å²) in [5.41, 5.74) is -3.71. The number of benzene rings is 7. The topological polar surface area (TPSA) is 463 Å². The SMILES string of the molecule is O=[N+]([O-])c1ccc(Nc2ccc(N=Nc3cc(N=Nc4cc(S(=O)(=O)O)cc5cc(S(=O)(=O)O)c(N=Nc6ccc(Nc7ccc([N+](=O)[O-])cc7S(=O)(=O)O)cc6)c(O)c45)c(O)cc3O)cc2)c(S(=O)(=O)O)c1. The maximum Gasteiger partial charge on any atom is 0.296 e. The number of hydrogen-bond acceptors (Lipinski definition) is 23. The van der Waals surface area contributed by atoms with Crippen LogP contribution in [0.1, 0.15) is 0 Å². The molecule has 0 aliphatic carbocycles. The number of anilines is 4. The number of aromatic hydroxyl groups is 3. The summed E-state index contributed by atoms with van der Waals surface area (Å²) < 4.78 is 137. The zero-order valence-electron chi connectivity index (χ0n) is 35.7. The molecule has 0 radical (unpaired) electrons. The van der Waals surface area contributed by atoms with Crippen LogP contribution in [0, 0.1) is 20.2 Å². The Labute approximate surface area is 408 Å². The average Bonchev–Trinajstić information content (AvgIpc) is 3.30. The number of phenolic OH excluding ortho intramolecular Hbond substituents is 3. The third kappa shape index (κ3) is 12.0. The summed E-state index contributed by atoms with van der Waals surface area (Å²) in [7, 11) is -20.3. The summed E-state index contributed by atoms with van der Waals surface area (Å²) >= 11 is 0. The quantitative estimate of drug-likeness (QED) is 0.0188. The van der Waals surface area contributed by atoms with Gasteiger partial charge in [0.1, 0.15) is 43.2 Å². The molecular formula is C40H28N10O19S4. The van der Waals surface area contributed by atoms with Crippen LogP contribution in [-0.2, 0) is 40.5 Å². The number of non-ortho nitro benzene ring substituents is 2. The molecule has 7 aromatic carbocycles. The molecule has 0 aromatic heterocycles. The maximum absolute atomic E-state index is 12.6. The van der Waals surface area contributed by atoms with Crippen LogP contribution in [0.2, 0.25) is 0 Å². The van der Waals surface area contributed by atoms with E-state index >= 15 is 0 Å². The Morgan fingerprint density at radius 1 is 0.438 bits per heavy atom. The molecule has 7 rings (SSSR count). The van der Waals surface area contributed by atoms with Crippen molar-refractivity contribution in [2.45, 2.75) is 19.6 Å². The zero-order chi connectivity index (χ0) is 53.4. The zero-order valence-corrected chi connectivity index (χ0v) is 39.0. The first-order valence-electron chi connectivity index (χ1n) is 19.4. The summed E-state index contributed by atoms with van der Waals surface area (Å²) in [5, 5.41) is 82.7. The Bertz CT molecular complexity index is 4010. The van der Waals surface area contributed by atoms with Gasteiger partial charge in [0.05, 0.1) is 48.6 Å². The fourth-order valence-electron chi connectivity index (χ4n) is 6.42. The molecular weight excluding hydrogens is 1050 g/mol. The van der Waals surface area contributed by atoms with Gasteiger partial charge in [0.2, 0.25) is 0 Å². The molecule has 0 saturated heterocycles. The molecule has 7 aromatic rings. The van der Waals surface area contributed by atoms with Crippen molar-refractivity contribution < 1.29 is 77.0 Å². The van der Waals surface area contributed by atoms with Crippen molar-refractivity contribution in [2.24, 2.45) is 30.7 Å². The molecule has 0 saturated carbocycles. The summed E-state index contributed by atoms with van der Waals surface area (Å²) in [6.07, 6.45) is 0. The van der Waals surface area contributed by atoms with Crippen LogP contribution in [0.4, 0.5) is 68.2 Å². The number of nitrogens with one attached hydrogen (secondary N) is 2. The molecule has 0 aliphatic rings. The predicted molar refractivity (Wildman–Crippen MR) is 253 cm³/mol. The van der Waals surface area contributed by atoms with Crippen molar-refractivity contribution in [3.8, 4) is 17.2 Å². The fraction of sp³-hybridized carbons (Fsp3) is 0. The van der Waals surface area contributed by atoms with E-state index < -0.39 is 126 Å². The summed E-state index contributed by atoms with van der Waals surface area (Å²) in [6, 6.07) is 19.6. The van der Waals surface area contributed by atoms with Gasteiger partial charge in [0.25, 0.3) is 51.8 Å². The van der Waals surface area contributed by atoms with Gasteiger partial charge < -0.3 is 26.0 Å². The van der Waals surface area contributed by atoms with Crippen LogP contribution in [0.3, 0.4) is 0 Å². The van der Waals surface area contributed by atoms with Crippen molar-refractivity contribution in [3.05, 3.63) is 135 Å². The van der Waals surface area contributed by atoms with E-state index in [2.05, 4.69) is 41.3 Å². The normalized spacial score (nSPS) is 12.5. The van der Waals surface area contributed by atoms with Crippen molar-refractivity contribution in [3.63, 3.8) is 0 Å². The predicted octanol–water partition coefficient (Wildman–Crippen LogP) is 9.49. The van der Waals surface area contributed by atoms with E-state index in [1.54, 1.807) is 0 Å². The molecule has 0 heterocycles. The summed E-state index contributed by atoms with van der Waals surface area (Å²) in [5.74, 6) is -2.50. The van der Waals surface area contributed by atoms with Crippen molar-refractivity contribution >= 4 is 119 Å². The lowest BCUT2D eigenvalue weighted by Gasteiger charge is -2.12. The van der Waals surface area contributed by atoms with Crippen LogP contribution < -0.4 is 10.6 Å². The van der Waals surface area contributed by atoms with Gasteiger partial charge in [0, 0.05) is 47.8 Å². The summed E-state index contributed by atoms with van der Waals surface area (Å²) in [4.78, 5) is 16.9. The molecule has 33 heteroatoms. The lowest BCUT2D eigenvalue weighted by Crippen LogP contribution is -2.04. The maximum atomic E-state index is 12.6. The first kappa shape index (κ1) is 51.9. The molecule has 0 unspecified atom stereocenters. The van der Waals surface area contributed by atoms with Crippen molar-refractivity contribution in [2.75, 3.05) is 10.6 Å². The van der Waals surface area contributed by atoms with E-state index in [9.17, 15) is 87.4 Å². The molecule has 73 heavy (non-hydrogen) atoms. The Hall–Kier alpha value is -8.96. The number of nitro benzene ring substituents is 2. The molecule has 0 bridgehead atoms. The highest BCUT2D eigenvalue weighted by Gasteiger charge is 2.27. The van der Waals surface area contributed by atoms with Gasteiger partial charge in [0.15, 0.2) is 5.75 Å². The highest BCUT2D eigenvalue weighted by atomic mass is 32.2. The largest absolute Gasteiger partial charge is 0.505 e. The molecule has 0 spiro atoms. The monoisotopic (exact) mass is 1080 g/mol. The standard InChI is InChI=1S/C40H28N10O19S4/c51-33-19-34(52)31(18-30(33)45-43-23-5-1-21(2-6-23)41-28-11-9-25(49(54)55)15-35(28)71(61,62)63)46-47-32-17-27(70(58,59)60)13-20-14-37(73(67,68)69)39(40(53)38(20)32)48-44-24-7-3-22(4-8-24)42-29-12-10-26(50(56)57)16-36(29)72(64,65)66/h1-19,41-42,51-53H,(H,58,59,60)(H,61,62,63)(H,64,65,66)(H,67,68,69). The minimum atomic E-state index is -5.33. The second-order valence-corrected chi connectivity index (χ2v) is 20.3. The highest BCUT2D eigenvalue weighted by molar-refractivity contribution is 7.86. The Morgan fingerprint density at radius 3 is 1.29 bits per heavy atom. The van der Waals surface area contributed by atoms with Gasteiger partial charge in [-0.25, -0.2) is 0 Å². The van der Waals surface area contributed by atoms with Gasteiger partial charge in [-0.15, -0.1) is 20.5 Å². The number of nitro groups is 2. The molecule has 0 amide bonds. The van der Waals surface area contributed by atoms with Gasteiger partial charge in [-0.1, -0.05) is 0 Å². The van der Waals surface area contributed by atoms with E-state index in [0.717, 1.165) is 36.4 Å². The van der Waals surface area contributed by atoms with Crippen LogP contribution in [-0.4, -0.2) is 77.0 Å². The van der Waals surface area contributed by atoms with Gasteiger partial charge in [-0.05, 0) is 84.2 Å². The Kier molecular flexibility index (Phi) is 14.0. The number of fused-ring (bicyclic) bond motifs is 1. The van der Waals surface area contributed by atoms with E-state index in [1.807, 2.05) is 0 Å². The van der Waals surface area contributed by atoms with Gasteiger partial charge in [-0.2, -0.15) is 43.9 Å². The molecule has 0 atom stereocenters. The first-order chi connectivity index (χ1) is 34.1. The van der Waals surface area contributed by atoms with Crippen LogP contribution in [0.25, 0.3) is 10.8 Å². The van der Waals surface area contributed by atoms with Crippen LogP contribution in [0.15, 0.2) is 166 Å². The Balaban J connectivity index is 1.20. The minimum absolute atomic E-state index is 0.0759. The molecule has 376 valence electrons. The van der Waals surface area contributed by atoms with E-state index in [1.165, 1.54) is 48.5 Å². The molecule has 9 N–H and O–H groups in total.